The molecule has 0 aliphatic carbocycles. The monoisotopic (exact) mass is 441 g/mol. The van der Waals surface area contributed by atoms with Gasteiger partial charge in [0, 0.05) is 16.5 Å². The molecular weight excluding hydrogens is 424 g/mol. The van der Waals surface area contributed by atoms with E-state index in [1.165, 1.54) is 6.07 Å². The summed E-state index contributed by atoms with van der Waals surface area (Å²) in [6, 6.07) is 21.7. The van der Waals surface area contributed by atoms with Gasteiger partial charge in [-0.05, 0) is 47.3 Å². The van der Waals surface area contributed by atoms with Crippen LogP contribution < -0.4 is 10.3 Å². The number of carbonyl (C=O) groups is 2. The van der Waals surface area contributed by atoms with E-state index in [9.17, 15) is 18.4 Å². The molecule has 2 amide bonds. The molecule has 1 aliphatic heterocycles. The van der Waals surface area contributed by atoms with E-state index < -0.39 is 17.5 Å². The van der Waals surface area contributed by atoms with E-state index in [4.69, 9.17) is 0 Å². The third-order valence-electron chi connectivity index (χ3n) is 5.57. The average Bonchev–Trinajstić information content (AvgIpc) is 3.09. The fraction of sp³-hybridized carbons (Fsp3) is 0.0385. The van der Waals surface area contributed by atoms with Gasteiger partial charge in [0.1, 0.15) is 11.6 Å². The third-order valence-corrected chi connectivity index (χ3v) is 5.57. The summed E-state index contributed by atoms with van der Waals surface area (Å²) >= 11 is 0. The quantitative estimate of drug-likeness (QED) is 0.348. The summed E-state index contributed by atoms with van der Waals surface area (Å²) in [5, 5.41) is 5.61. The number of halogens is 2. The molecule has 33 heavy (non-hydrogen) atoms. The van der Waals surface area contributed by atoms with Crippen LogP contribution in [-0.2, 0) is 6.54 Å². The number of amides is 2. The molecule has 5 rings (SSSR count). The molecule has 0 spiro atoms. The fourth-order valence-corrected chi connectivity index (χ4v) is 3.93. The van der Waals surface area contributed by atoms with Gasteiger partial charge in [0.2, 0.25) is 0 Å². The Bertz CT molecular complexity index is 1410. The van der Waals surface area contributed by atoms with Gasteiger partial charge in [-0.1, -0.05) is 42.5 Å². The van der Waals surface area contributed by atoms with Gasteiger partial charge < -0.3 is 4.90 Å². The number of nitrogens with zero attached hydrogens (tertiary/aromatic N) is 2. The molecule has 5 nitrogen and oxygen atoms in total. The first-order valence-corrected chi connectivity index (χ1v) is 10.2. The number of benzene rings is 4. The van der Waals surface area contributed by atoms with Crippen LogP contribution in [0.25, 0.3) is 10.8 Å². The second-order valence-corrected chi connectivity index (χ2v) is 7.60. The van der Waals surface area contributed by atoms with E-state index in [2.05, 4.69) is 10.5 Å². The predicted octanol–water partition coefficient (Wildman–Crippen LogP) is 5.04. The lowest BCUT2D eigenvalue weighted by molar-refractivity contribution is 0.0953. The van der Waals surface area contributed by atoms with E-state index in [0.29, 0.717) is 17.7 Å². The lowest BCUT2D eigenvalue weighted by Crippen LogP contribution is -2.26. The third kappa shape index (κ3) is 3.74. The Kier molecular flexibility index (Phi) is 5.14. The maximum absolute atomic E-state index is 13.6. The van der Waals surface area contributed by atoms with Crippen molar-refractivity contribution in [3.63, 3.8) is 0 Å². The van der Waals surface area contributed by atoms with E-state index in [1.54, 1.807) is 29.2 Å². The molecule has 4 aromatic rings. The molecule has 0 atom stereocenters. The Morgan fingerprint density at radius 2 is 1.58 bits per heavy atom. The standard InChI is InChI=1S/C26H17F2N3O2/c27-21-7-3-8-22(28)20(21)14-29-30-25(32)18-12-10-16(11-13-18)15-31-23-9-2-5-17-4-1-6-19(24(17)23)26(31)33/h1-14H,15H2,(H,30,32). The van der Waals surface area contributed by atoms with Crippen LogP contribution in [0.4, 0.5) is 14.5 Å². The van der Waals surface area contributed by atoms with Gasteiger partial charge in [0.05, 0.1) is 24.0 Å². The van der Waals surface area contributed by atoms with E-state index in [1.807, 2.05) is 36.4 Å². The largest absolute Gasteiger partial charge is 0.303 e. The predicted molar refractivity (Wildman–Crippen MR) is 122 cm³/mol. The van der Waals surface area contributed by atoms with Crippen LogP contribution >= 0.6 is 0 Å². The van der Waals surface area contributed by atoms with Crippen molar-refractivity contribution >= 4 is 34.5 Å². The SMILES string of the molecule is O=C(NN=Cc1c(F)cccc1F)c1ccc(CN2C(=O)c3cccc4cccc2c34)cc1. The molecule has 0 fully saturated rings. The molecule has 162 valence electrons. The molecule has 4 aromatic carbocycles. The topological polar surface area (TPSA) is 61.8 Å². The zero-order valence-corrected chi connectivity index (χ0v) is 17.3. The van der Waals surface area contributed by atoms with Crippen LogP contribution in [-0.4, -0.2) is 18.0 Å². The van der Waals surface area contributed by atoms with Crippen molar-refractivity contribution in [3.05, 3.63) is 113 Å². The normalized spacial score (nSPS) is 12.7. The van der Waals surface area contributed by atoms with Gasteiger partial charge >= 0.3 is 0 Å². The fourth-order valence-electron chi connectivity index (χ4n) is 3.93. The molecule has 7 heteroatoms. The van der Waals surface area contributed by atoms with E-state index in [0.717, 1.165) is 40.4 Å². The number of hydrogen-bond donors (Lipinski definition) is 1. The summed E-state index contributed by atoms with van der Waals surface area (Å²) in [5.74, 6) is -2.12. The first-order valence-electron chi connectivity index (χ1n) is 10.2. The number of rotatable bonds is 5. The molecule has 0 saturated heterocycles. The van der Waals surface area contributed by atoms with Gasteiger partial charge in [-0.3, -0.25) is 9.59 Å². The average molecular weight is 441 g/mol. The van der Waals surface area contributed by atoms with E-state index in [-0.39, 0.29) is 11.5 Å². The van der Waals surface area contributed by atoms with Gasteiger partial charge in [-0.15, -0.1) is 0 Å². The highest BCUT2D eigenvalue weighted by molar-refractivity contribution is 6.24. The van der Waals surface area contributed by atoms with Gasteiger partial charge in [0.25, 0.3) is 11.8 Å². The molecule has 1 N–H and O–H groups in total. The van der Waals surface area contributed by atoms with Crippen molar-refractivity contribution in [2.45, 2.75) is 6.54 Å². The van der Waals surface area contributed by atoms with Crippen LogP contribution in [0.3, 0.4) is 0 Å². The van der Waals surface area contributed by atoms with Crippen molar-refractivity contribution in [3.8, 4) is 0 Å². The smallest absolute Gasteiger partial charge is 0.271 e. The lowest BCUT2D eigenvalue weighted by atomic mass is 10.1. The second kappa shape index (κ2) is 8.27. The van der Waals surface area contributed by atoms with Crippen LogP contribution in [0, 0.1) is 11.6 Å². The number of hydrogen-bond acceptors (Lipinski definition) is 3. The molecular formula is C26H17F2N3O2. The molecule has 1 heterocycles. The Balaban J connectivity index is 1.29. The maximum atomic E-state index is 13.6. The first kappa shape index (κ1) is 20.5. The highest BCUT2D eigenvalue weighted by Gasteiger charge is 2.29. The highest BCUT2D eigenvalue weighted by Crippen LogP contribution is 2.37. The van der Waals surface area contributed by atoms with Crippen molar-refractivity contribution in [2.24, 2.45) is 5.10 Å². The van der Waals surface area contributed by atoms with Gasteiger partial charge in [0.15, 0.2) is 0 Å². The first-order chi connectivity index (χ1) is 16.0. The van der Waals surface area contributed by atoms with Crippen molar-refractivity contribution in [1.82, 2.24) is 5.43 Å². The number of carbonyl (C=O) groups excluding carboxylic acids is 2. The Morgan fingerprint density at radius 3 is 2.30 bits per heavy atom. The second-order valence-electron chi connectivity index (χ2n) is 7.60. The molecule has 0 saturated carbocycles. The lowest BCUT2D eigenvalue weighted by Gasteiger charge is -2.18. The summed E-state index contributed by atoms with van der Waals surface area (Å²) in [7, 11) is 0. The minimum atomic E-state index is -0.772. The summed E-state index contributed by atoms with van der Waals surface area (Å²) in [6.07, 6.45) is 0.925. The minimum Gasteiger partial charge on any atom is -0.303 e. The summed E-state index contributed by atoms with van der Waals surface area (Å²) in [4.78, 5) is 27.0. The molecule has 0 radical (unpaired) electrons. The van der Waals surface area contributed by atoms with Crippen LogP contribution in [0.1, 0.15) is 31.8 Å². The zero-order valence-electron chi connectivity index (χ0n) is 17.3. The van der Waals surface area contributed by atoms with Gasteiger partial charge in [-0.2, -0.15) is 5.10 Å². The summed E-state index contributed by atoms with van der Waals surface area (Å²) < 4.78 is 27.2. The molecule has 0 unspecified atom stereocenters. The van der Waals surface area contributed by atoms with Gasteiger partial charge in [-0.25, -0.2) is 14.2 Å². The Morgan fingerprint density at radius 1 is 0.909 bits per heavy atom. The summed E-state index contributed by atoms with van der Waals surface area (Å²) in [6.45, 7) is 0.360. The maximum Gasteiger partial charge on any atom is 0.271 e. The van der Waals surface area contributed by atoms with Crippen LogP contribution in [0.2, 0.25) is 0 Å². The Labute approximate surface area is 188 Å². The molecule has 0 bridgehead atoms. The summed E-state index contributed by atoms with van der Waals surface area (Å²) in [5.41, 5.74) is 4.65. The Hall–Kier alpha value is -4.39. The molecule has 1 aliphatic rings. The minimum absolute atomic E-state index is 0.0571. The number of nitrogens with one attached hydrogen (secondary N) is 1. The molecule has 0 aromatic heterocycles. The number of hydrazone groups is 1. The van der Waals surface area contributed by atoms with Crippen molar-refractivity contribution in [2.75, 3.05) is 4.90 Å². The van der Waals surface area contributed by atoms with E-state index >= 15 is 0 Å². The van der Waals surface area contributed by atoms with Crippen LogP contribution in [0.5, 0.6) is 0 Å². The zero-order chi connectivity index (χ0) is 22.9. The van der Waals surface area contributed by atoms with Crippen molar-refractivity contribution < 1.29 is 18.4 Å². The van der Waals surface area contributed by atoms with Crippen molar-refractivity contribution in [1.29, 1.82) is 0 Å². The number of anilines is 1. The highest BCUT2D eigenvalue weighted by atomic mass is 19.1. The van der Waals surface area contributed by atoms with Crippen LogP contribution in [0.15, 0.2) is 84.0 Å².